The Kier molecular flexibility index (Phi) is 4.35. The summed E-state index contributed by atoms with van der Waals surface area (Å²) < 4.78 is 25.3. The second-order valence-corrected chi connectivity index (χ2v) is 5.57. The summed E-state index contributed by atoms with van der Waals surface area (Å²) in [5.74, 6) is -1.13. The molecule has 2 rings (SSSR count). The maximum atomic E-state index is 12.7. The van der Waals surface area contributed by atoms with Crippen LogP contribution >= 0.6 is 15.9 Å². The minimum Gasteiger partial charge on any atom is -0.324 e. The van der Waals surface area contributed by atoms with Gasteiger partial charge < -0.3 is 4.90 Å². The fraction of sp³-hybridized carbons (Fsp3) is 0.833. The second-order valence-electron chi connectivity index (χ2n) is 5.01. The van der Waals surface area contributed by atoms with Gasteiger partial charge in [-0.3, -0.25) is 9.59 Å². The Balaban J connectivity index is 2.23. The van der Waals surface area contributed by atoms with Crippen molar-refractivity contribution in [3.05, 3.63) is 0 Å². The zero-order valence-electron chi connectivity index (χ0n) is 9.95. The first-order valence-electron chi connectivity index (χ1n) is 6.25. The van der Waals surface area contributed by atoms with Gasteiger partial charge in [-0.1, -0.05) is 28.8 Å². The fourth-order valence-electron chi connectivity index (χ4n) is 3.27. The largest absolute Gasteiger partial charge is 0.324 e. The molecule has 0 bridgehead atoms. The Morgan fingerprint density at radius 3 is 2.56 bits per heavy atom. The van der Waals surface area contributed by atoms with Gasteiger partial charge in [0.1, 0.15) is 0 Å². The van der Waals surface area contributed by atoms with Crippen LogP contribution in [0.1, 0.15) is 32.1 Å². The molecule has 1 saturated heterocycles. The molecule has 3 unspecified atom stereocenters. The van der Waals surface area contributed by atoms with Crippen molar-refractivity contribution >= 4 is 27.6 Å². The first-order valence-corrected chi connectivity index (χ1v) is 7.37. The summed E-state index contributed by atoms with van der Waals surface area (Å²) >= 11 is 3.06. The van der Waals surface area contributed by atoms with Crippen molar-refractivity contribution < 1.29 is 18.4 Å². The number of rotatable bonds is 3. The number of alkyl halides is 3. The van der Waals surface area contributed by atoms with Gasteiger partial charge in [0, 0.05) is 6.04 Å². The van der Waals surface area contributed by atoms with E-state index in [0.29, 0.717) is 6.42 Å². The highest BCUT2D eigenvalue weighted by Crippen LogP contribution is 2.40. The fourth-order valence-corrected chi connectivity index (χ4v) is 3.64. The predicted octanol–water partition coefficient (Wildman–Crippen LogP) is 2.38. The summed E-state index contributed by atoms with van der Waals surface area (Å²) in [4.78, 5) is 24.6. The van der Waals surface area contributed by atoms with Gasteiger partial charge in [0.25, 0.3) is 5.91 Å². The standard InChI is InChI=1S/C12H16BrF2NO2/c13-6-10(17)9-5-7-3-1-2-4-8(7)16(9)12(18)11(14)15/h7-9,11H,1-6H2. The monoisotopic (exact) mass is 323 g/mol. The maximum Gasteiger partial charge on any atom is 0.315 e. The van der Waals surface area contributed by atoms with E-state index in [1.165, 1.54) is 4.90 Å². The highest BCUT2D eigenvalue weighted by atomic mass is 79.9. The lowest BCUT2D eigenvalue weighted by molar-refractivity contribution is -0.149. The van der Waals surface area contributed by atoms with Crippen molar-refractivity contribution in [3.63, 3.8) is 0 Å². The normalized spacial score (nSPS) is 31.6. The van der Waals surface area contributed by atoms with Gasteiger partial charge in [0.05, 0.1) is 11.4 Å². The van der Waals surface area contributed by atoms with E-state index in [1.807, 2.05) is 0 Å². The van der Waals surface area contributed by atoms with Crippen LogP contribution in [-0.2, 0) is 9.59 Å². The van der Waals surface area contributed by atoms with Crippen LogP contribution in [0.25, 0.3) is 0 Å². The number of nitrogens with zero attached hydrogens (tertiary/aromatic N) is 1. The molecule has 0 aromatic rings. The zero-order chi connectivity index (χ0) is 13.3. The number of hydrogen-bond donors (Lipinski definition) is 0. The number of amides is 1. The van der Waals surface area contributed by atoms with E-state index in [4.69, 9.17) is 0 Å². The van der Waals surface area contributed by atoms with Gasteiger partial charge in [-0.15, -0.1) is 0 Å². The molecule has 0 aromatic heterocycles. The first kappa shape index (κ1) is 13.9. The van der Waals surface area contributed by atoms with E-state index in [9.17, 15) is 18.4 Å². The summed E-state index contributed by atoms with van der Waals surface area (Å²) in [5.41, 5.74) is 0. The first-order chi connectivity index (χ1) is 8.56. The predicted molar refractivity (Wildman–Crippen MR) is 65.8 cm³/mol. The number of hydrogen-bond acceptors (Lipinski definition) is 2. The summed E-state index contributed by atoms with van der Waals surface area (Å²) in [6, 6.07) is -0.813. The number of ketones is 1. The molecule has 102 valence electrons. The van der Waals surface area contributed by atoms with Crippen molar-refractivity contribution in [2.24, 2.45) is 5.92 Å². The molecular weight excluding hydrogens is 308 g/mol. The summed E-state index contributed by atoms with van der Waals surface area (Å²) in [6.07, 6.45) is 1.22. The number of Topliss-reactive ketones (excluding diaryl/α,β-unsaturated/α-hetero) is 1. The highest BCUT2D eigenvalue weighted by molar-refractivity contribution is 9.09. The summed E-state index contributed by atoms with van der Waals surface area (Å²) in [6.45, 7) is 0. The van der Waals surface area contributed by atoms with E-state index >= 15 is 0 Å². The zero-order valence-corrected chi connectivity index (χ0v) is 11.5. The smallest absolute Gasteiger partial charge is 0.315 e. The van der Waals surface area contributed by atoms with Crippen LogP contribution in [0.3, 0.4) is 0 Å². The van der Waals surface area contributed by atoms with Crippen LogP contribution < -0.4 is 0 Å². The quantitative estimate of drug-likeness (QED) is 0.748. The number of fused-ring (bicyclic) bond motifs is 1. The van der Waals surface area contributed by atoms with E-state index in [1.54, 1.807) is 0 Å². The van der Waals surface area contributed by atoms with Gasteiger partial charge in [-0.2, -0.15) is 8.78 Å². The number of likely N-dealkylation sites (tertiary alicyclic amines) is 1. The lowest BCUT2D eigenvalue weighted by Gasteiger charge is -2.33. The number of carbonyl (C=O) groups is 2. The van der Waals surface area contributed by atoms with Gasteiger partial charge in [-0.25, -0.2) is 0 Å². The maximum absolute atomic E-state index is 12.7. The molecule has 0 aromatic carbocycles. The summed E-state index contributed by atoms with van der Waals surface area (Å²) in [7, 11) is 0. The molecule has 1 saturated carbocycles. The molecule has 0 radical (unpaired) electrons. The minimum absolute atomic E-state index is 0.115. The third kappa shape index (κ3) is 2.44. The molecular formula is C12H16BrF2NO2. The van der Waals surface area contributed by atoms with Gasteiger partial charge >= 0.3 is 6.43 Å². The van der Waals surface area contributed by atoms with Gasteiger partial charge in [0.15, 0.2) is 5.78 Å². The molecule has 1 aliphatic heterocycles. The molecule has 2 fully saturated rings. The molecule has 18 heavy (non-hydrogen) atoms. The average molecular weight is 324 g/mol. The molecule has 3 nitrogen and oxygen atoms in total. The van der Waals surface area contributed by atoms with Crippen LogP contribution in [0, 0.1) is 5.92 Å². The molecule has 1 aliphatic carbocycles. The number of carbonyl (C=O) groups excluding carboxylic acids is 2. The molecule has 3 atom stereocenters. The van der Waals surface area contributed by atoms with E-state index in [2.05, 4.69) is 15.9 Å². The Morgan fingerprint density at radius 2 is 1.94 bits per heavy atom. The Labute approximate surface area is 113 Å². The van der Waals surface area contributed by atoms with Crippen LogP contribution in [0.4, 0.5) is 8.78 Å². The molecule has 1 amide bonds. The Morgan fingerprint density at radius 1 is 1.28 bits per heavy atom. The summed E-state index contributed by atoms with van der Waals surface area (Å²) in [5, 5.41) is 0.115. The van der Waals surface area contributed by atoms with Gasteiger partial charge in [0.2, 0.25) is 0 Å². The van der Waals surface area contributed by atoms with Crippen molar-refractivity contribution in [3.8, 4) is 0 Å². The van der Waals surface area contributed by atoms with Crippen LogP contribution in [0.5, 0.6) is 0 Å². The van der Waals surface area contributed by atoms with Gasteiger partial charge in [-0.05, 0) is 25.2 Å². The van der Waals surface area contributed by atoms with Crippen molar-refractivity contribution in [1.29, 1.82) is 0 Å². The Bertz CT molecular complexity index is 351. The Hall–Kier alpha value is -0.520. The molecule has 2 aliphatic rings. The molecule has 0 N–H and O–H groups in total. The molecule has 0 spiro atoms. The molecule has 6 heteroatoms. The topological polar surface area (TPSA) is 37.4 Å². The third-order valence-electron chi connectivity index (χ3n) is 4.03. The van der Waals surface area contributed by atoms with Crippen LogP contribution in [0.2, 0.25) is 0 Å². The average Bonchev–Trinajstić information content (AvgIpc) is 2.75. The lowest BCUT2D eigenvalue weighted by atomic mass is 9.84. The van der Waals surface area contributed by atoms with E-state index in [0.717, 1.165) is 25.7 Å². The molecule has 1 heterocycles. The SMILES string of the molecule is O=C(CBr)C1CC2CCCCC2N1C(=O)C(F)F. The lowest BCUT2D eigenvalue weighted by Crippen LogP contribution is -2.48. The van der Waals surface area contributed by atoms with E-state index < -0.39 is 18.4 Å². The minimum atomic E-state index is -3.02. The number of halogens is 3. The highest BCUT2D eigenvalue weighted by Gasteiger charge is 2.48. The third-order valence-corrected chi connectivity index (χ3v) is 4.59. The second kappa shape index (κ2) is 5.63. The van der Waals surface area contributed by atoms with Crippen LogP contribution in [-0.4, -0.2) is 40.4 Å². The van der Waals surface area contributed by atoms with Crippen molar-refractivity contribution in [1.82, 2.24) is 4.90 Å². The van der Waals surface area contributed by atoms with E-state index in [-0.39, 0.29) is 23.1 Å². The van der Waals surface area contributed by atoms with Crippen molar-refractivity contribution in [2.45, 2.75) is 50.6 Å². The van der Waals surface area contributed by atoms with Crippen molar-refractivity contribution in [2.75, 3.05) is 5.33 Å². The van der Waals surface area contributed by atoms with Crippen LogP contribution in [0.15, 0.2) is 0 Å².